The van der Waals surface area contributed by atoms with Gasteiger partial charge >= 0.3 is 0 Å². The first kappa shape index (κ1) is 14.9. The summed E-state index contributed by atoms with van der Waals surface area (Å²) in [6, 6.07) is 0. The zero-order valence-electron chi connectivity index (χ0n) is 13.0. The molecule has 0 radical (unpaired) electrons. The van der Waals surface area contributed by atoms with Gasteiger partial charge in [-0.25, -0.2) is 4.98 Å². The molecule has 1 aromatic heterocycles. The van der Waals surface area contributed by atoms with Crippen LogP contribution in [0.2, 0.25) is 0 Å². The number of nitrogens with one attached hydrogen (secondary N) is 1. The van der Waals surface area contributed by atoms with Crippen LogP contribution < -0.4 is 11.1 Å². The van der Waals surface area contributed by atoms with Crippen molar-refractivity contribution < 1.29 is 9.53 Å². The van der Waals surface area contributed by atoms with Crippen LogP contribution in [0.5, 0.6) is 0 Å². The van der Waals surface area contributed by atoms with E-state index in [-0.39, 0.29) is 23.3 Å². The number of hydrogen-bond donors (Lipinski definition) is 2. The topological polar surface area (TPSA) is 77.2 Å². The van der Waals surface area contributed by atoms with E-state index in [0.29, 0.717) is 17.7 Å². The first-order valence-electron chi connectivity index (χ1n) is 7.46. The number of nitrogens with zero attached hydrogens (tertiary/aromatic N) is 1. The highest BCUT2D eigenvalue weighted by Gasteiger charge is 2.71. The van der Waals surface area contributed by atoms with Gasteiger partial charge in [-0.2, -0.15) is 0 Å². The molecule has 3 N–H and O–H groups in total. The molecule has 0 spiro atoms. The maximum atomic E-state index is 12.7. The minimum atomic E-state index is -0.877. The summed E-state index contributed by atoms with van der Waals surface area (Å²) in [7, 11) is 0. The Morgan fingerprint density at radius 1 is 1.57 bits per heavy atom. The Labute approximate surface area is 129 Å². The molecule has 2 fully saturated rings. The van der Waals surface area contributed by atoms with Gasteiger partial charge in [-0.05, 0) is 12.3 Å². The molecule has 0 bridgehead atoms. The fraction of sp³-hybridized carbons (Fsp3) is 0.733. The number of nitrogens with two attached hydrogens (primary N) is 1. The average molecular weight is 309 g/mol. The van der Waals surface area contributed by atoms with Gasteiger partial charge in [-0.3, -0.25) is 4.79 Å². The van der Waals surface area contributed by atoms with E-state index in [1.807, 2.05) is 19.2 Å². The minimum absolute atomic E-state index is 0.0933. The number of aromatic nitrogens is 1. The number of anilines is 1. The lowest BCUT2D eigenvalue weighted by molar-refractivity contribution is -0.170. The molecule has 6 heteroatoms. The number of carbonyl (C=O) groups is 1. The zero-order valence-corrected chi connectivity index (χ0v) is 13.8. The lowest BCUT2D eigenvalue weighted by atomic mass is 9.48. The quantitative estimate of drug-likeness (QED) is 0.898. The van der Waals surface area contributed by atoms with Crippen LogP contribution in [0.1, 0.15) is 45.7 Å². The first-order chi connectivity index (χ1) is 9.78. The Kier molecular flexibility index (Phi) is 3.39. The van der Waals surface area contributed by atoms with E-state index in [0.717, 1.165) is 12.1 Å². The van der Waals surface area contributed by atoms with Crippen LogP contribution in [0.4, 0.5) is 5.13 Å². The Bertz CT molecular complexity index is 569. The maximum Gasteiger partial charge on any atom is 0.247 e. The van der Waals surface area contributed by atoms with E-state index in [2.05, 4.69) is 24.1 Å². The number of ether oxygens (including phenoxy) is 1. The van der Waals surface area contributed by atoms with Crippen molar-refractivity contribution in [3.8, 4) is 0 Å². The maximum absolute atomic E-state index is 12.7. The average Bonchev–Trinajstić information content (AvgIpc) is 3.05. The van der Waals surface area contributed by atoms with Crippen molar-refractivity contribution in [2.45, 2.75) is 51.7 Å². The SMILES string of the molecule is CC(C)c1csc(NC(=O)C2(N)C3CCOC3C2(C)C)n1. The summed E-state index contributed by atoms with van der Waals surface area (Å²) in [6.07, 6.45) is 0.948. The van der Waals surface area contributed by atoms with Gasteiger partial charge in [-0.1, -0.05) is 27.7 Å². The molecule has 21 heavy (non-hydrogen) atoms. The highest BCUT2D eigenvalue weighted by molar-refractivity contribution is 7.13. The zero-order chi connectivity index (χ0) is 15.4. The molecule has 2 heterocycles. The van der Waals surface area contributed by atoms with Crippen LogP contribution in [0.15, 0.2) is 5.38 Å². The molecule has 3 unspecified atom stereocenters. The third-order valence-corrected chi connectivity index (χ3v) is 5.94. The Balaban J connectivity index is 1.78. The van der Waals surface area contributed by atoms with Crippen LogP contribution in [0.25, 0.3) is 0 Å². The second-order valence-corrected chi connectivity index (χ2v) is 7.82. The van der Waals surface area contributed by atoms with Gasteiger partial charge in [-0.15, -0.1) is 11.3 Å². The first-order valence-corrected chi connectivity index (χ1v) is 8.33. The summed E-state index contributed by atoms with van der Waals surface area (Å²) in [5.74, 6) is 0.326. The lowest BCUT2D eigenvalue weighted by Gasteiger charge is -2.60. The second kappa shape index (κ2) is 4.76. The van der Waals surface area contributed by atoms with E-state index in [4.69, 9.17) is 10.5 Å². The number of rotatable bonds is 3. The summed E-state index contributed by atoms with van der Waals surface area (Å²) in [5.41, 5.74) is 6.28. The molecule has 1 aliphatic heterocycles. The molecular weight excluding hydrogens is 286 g/mol. The van der Waals surface area contributed by atoms with Gasteiger partial charge in [0.25, 0.3) is 0 Å². The molecule has 3 atom stereocenters. The highest BCUT2D eigenvalue weighted by atomic mass is 32.1. The number of hydrogen-bond acceptors (Lipinski definition) is 5. The molecule has 1 aliphatic carbocycles. The molecule has 1 amide bonds. The number of carbonyl (C=O) groups excluding carboxylic acids is 1. The van der Waals surface area contributed by atoms with Gasteiger partial charge in [0, 0.05) is 23.3 Å². The van der Waals surface area contributed by atoms with Crippen molar-refractivity contribution in [2.75, 3.05) is 11.9 Å². The largest absolute Gasteiger partial charge is 0.377 e. The van der Waals surface area contributed by atoms with E-state index in [1.54, 1.807) is 0 Å². The van der Waals surface area contributed by atoms with Crippen molar-refractivity contribution in [2.24, 2.45) is 17.1 Å². The number of thiazole rings is 1. The smallest absolute Gasteiger partial charge is 0.247 e. The van der Waals surface area contributed by atoms with Crippen LogP contribution in [0, 0.1) is 11.3 Å². The highest BCUT2D eigenvalue weighted by Crippen LogP contribution is 2.58. The van der Waals surface area contributed by atoms with E-state index >= 15 is 0 Å². The molecule has 116 valence electrons. The summed E-state index contributed by atoms with van der Waals surface area (Å²) in [5, 5.41) is 5.53. The third kappa shape index (κ3) is 1.96. The standard InChI is InChI=1S/C15H23N3O2S/c1-8(2)10-7-21-13(17-10)18-12(19)15(16)9-5-6-20-11(9)14(15,3)4/h7-9,11H,5-6,16H2,1-4H3,(H,17,18,19). The minimum Gasteiger partial charge on any atom is -0.377 e. The molecule has 1 aromatic rings. The van der Waals surface area contributed by atoms with Crippen molar-refractivity contribution in [1.29, 1.82) is 0 Å². The van der Waals surface area contributed by atoms with Gasteiger partial charge in [0.05, 0.1) is 11.8 Å². The predicted molar refractivity (Wildman–Crippen MR) is 83.4 cm³/mol. The van der Waals surface area contributed by atoms with Crippen molar-refractivity contribution in [3.05, 3.63) is 11.1 Å². The Morgan fingerprint density at radius 2 is 2.29 bits per heavy atom. The van der Waals surface area contributed by atoms with E-state index in [9.17, 15) is 4.79 Å². The summed E-state index contributed by atoms with van der Waals surface area (Å²) in [6.45, 7) is 8.89. The third-order valence-electron chi connectivity index (χ3n) is 5.16. The number of amides is 1. The summed E-state index contributed by atoms with van der Waals surface area (Å²) < 4.78 is 5.73. The monoisotopic (exact) mass is 309 g/mol. The van der Waals surface area contributed by atoms with Gasteiger partial charge in [0.2, 0.25) is 5.91 Å². The molecular formula is C15H23N3O2S. The molecule has 2 aliphatic rings. The molecule has 1 saturated heterocycles. The second-order valence-electron chi connectivity index (χ2n) is 6.96. The van der Waals surface area contributed by atoms with Crippen LogP contribution >= 0.6 is 11.3 Å². The fourth-order valence-electron chi connectivity index (χ4n) is 3.65. The van der Waals surface area contributed by atoms with Crippen molar-refractivity contribution in [1.82, 2.24) is 4.98 Å². The molecule has 0 aromatic carbocycles. The van der Waals surface area contributed by atoms with E-state index < -0.39 is 5.54 Å². The Hall–Kier alpha value is -0.980. The van der Waals surface area contributed by atoms with Crippen molar-refractivity contribution >= 4 is 22.4 Å². The van der Waals surface area contributed by atoms with Gasteiger partial charge in [0.15, 0.2) is 5.13 Å². The van der Waals surface area contributed by atoms with Crippen LogP contribution in [0.3, 0.4) is 0 Å². The van der Waals surface area contributed by atoms with Crippen LogP contribution in [-0.4, -0.2) is 29.1 Å². The molecule has 5 nitrogen and oxygen atoms in total. The Morgan fingerprint density at radius 3 is 2.90 bits per heavy atom. The fourth-order valence-corrected chi connectivity index (χ4v) is 4.52. The normalized spacial score (nSPS) is 33.6. The molecule has 3 rings (SSSR count). The lowest BCUT2D eigenvalue weighted by Crippen LogP contribution is -2.79. The predicted octanol–water partition coefficient (Wildman–Crippen LogP) is 2.35. The van der Waals surface area contributed by atoms with Crippen LogP contribution in [-0.2, 0) is 9.53 Å². The van der Waals surface area contributed by atoms with E-state index in [1.165, 1.54) is 11.3 Å². The summed E-state index contributed by atoms with van der Waals surface area (Å²) in [4.78, 5) is 17.2. The molecule has 1 saturated carbocycles. The van der Waals surface area contributed by atoms with Gasteiger partial charge in [0.1, 0.15) is 5.54 Å². The summed E-state index contributed by atoms with van der Waals surface area (Å²) >= 11 is 1.45. The number of fused-ring (bicyclic) bond motifs is 1. The van der Waals surface area contributed by atoms with Crippen molar-refractivity contribution in [3.63, 3.8) is 0 Å². The van der Waals surface area contributed by atoms with Gasteiger partial charge < -0.3 is 15.8 Å².